The van der Waals surface area contributed by atoms with E-state index in [0.717, 1.165) is 53.3 Å². The Morgan fingerprint density at radius 1 is 0.754 bits per heavy atom. The molecule has 0 aromatic heterocycles. The van der Waals surface area contributed by atoms with Gasteiger partial charge in [0.25, 0.3) is 5.91 Å². The third-order valence-electron chi connectivity index (χ3n) is 12.0. The lowest BCUT2D eigenvalue weighted by molar-refractivity contribution is -0.139. The minimum absolute atomic E-state index is 0.187. The number of benzene rings is 2. The van der Waals surface area contributed by atoms with Crippen LogP contribution in [0.3, 0.4) is 0 Å². The predicted molar refractivity (Wildman–Crippen MR) is 267 cm³/mol. The van der Waals surface area contributed by atoms with E-state index in [2.05, 4.69) is 57.8 Å². The summed E-state index contributed by atoms with van der Waals surface area (Å²) in [6, 6.07) is 13.6. The van der Waals surface area contributed by atoms with Crippen molar-refractivity contribution in [3.63, 3.8) is 0 Å². The molecule has 1 aliphatic heterocycles. The Morgan fingerprint density at radius 2 is 1.28 bits per heavy atom. The smallest absolute Gasteiger partial charge is 0.326 e. The third-order valence-corrected chi connectivity index (χ3v) is 13.0. The maximum Gasteiger partial charge on any atom is 0.326 e. The monoisotopic (exact) mass is 873 g/mol. The van der Waals surface area contributed by atoms with Crippen LogP contribution in [0.15, 0.2) is 42.5 Å². The zero-order valence-corrected chi connectivity index (χ0v) is 42.8. The number of carbonyl (C=O) groups is 2. The maximum atomic E-state index is 13.5. The van der Waals surface area contributed by atoms with Gasteiger partial charge in [-0.1, -0.05) is 197 Å². The number of carbonyl (C=O) groups excluding carboxylic acids is 1. The van der Waals surface area contributed by atoms with E-state index in [0.29, 0.717) is 17.6 Å². The van der Waals surface area contributed by atoms with Crippen molar-refractivity contribution in [2.24, 2.45) is 11.8 Å². The van der Waals surface area contributed by atoms with Crippen LogP contribution in [0.5, 0.6) is 0 Å². The summed E-state index contributed by atoms with van der Waals surface area (Å²) in [6.07, 6.45) is 23.8. The number of carboxylic acid groups (broad SMARTS) is 1. The number of hydrogen-bond acceptors (Lipinski definition) is 5. The van der Waals surface area contributed by atoms with Crippen LogP contribution >= 0.6 is 0 Å². The minimum atomic E-state index is -3.37. The van der Waals surface area contributed by atoms with Crippen LogP contribution < -0.4 is 5.32 Å². The molecule has 8 heteroatoms. The molecule has 2 aromatic carbocycles. The van der Waals surface area contributed by atoms with Crippen molar-refractivity contribution in [3.8, 4) is 11.1 Å². The Hall–Kier alpha value is -2.71. The number of hydrogen-bond donors (Lipinski definition) is 2. The van der Waals surface area contributed by atoms with Crippen LogP contribution in [0, 0.1) is 18.8 Å². The van der Waals surface area contributed by atoms with Gasteiger partial charge >= 0.3 is 5.97 Å². The molecule has 3 fully saturated rings. The molecule has 2 aromatic rings. The fourth-order valence-corrected chi connectivity index (χ4v) is 8.00. The van der Waals surface area contributed by atoms with Crippen LogP contribution in [-0.2, 0) is 21.2 Å². The standard InChI is InChI=1S/C33H46N2O5S.C6H14.C4H8.C4H10.3C2H6/c1-4-26-15-16-27(20-24-11-6-5-7-12-24)35(26)22-25-14-17-29(30(21-25)28-13-9-8-10-23(28)2)32(36)34-31(33(37)38)18-19-41(3,39)40;1-4-6(3)5-2;1-2-4-3-1;1-3-4-2;3*1-2/h8-10,13-14,17,21,24,26-27,31H,4-7,11-12,15-16,18-20,22H2,1-3H3,(H,34,36)(H,37,38);6H,4-5H2,1-3H3;1-4H2;3-4H2,1-2H3;3*1-2H3. The highest BCUT2D eigenvalue weighted by Gasteiger charge is 2.34. The summed E-state index contributed by atoms with van der Waals surface area (Å²) in [5, 5.41) is 12.3. The summed E-state index contributed by atoms with van der Waals surface area (Å²) >= 11 is 0. The van der Waals surface area contributed by atoms with E-state index >= 15 is 0 Å². The first-order chi connectivity index (χ1) is 29.3. The van der Waals surface area contributed by atoms with Crippen LogP contribution in [0.25, 0.3) is 11.1 Å². The fraction of sp³-hybridized carbons (Fsp3) is 0.736. The molecule has 0 spiro atoms. The highest BCUT2D eigenvalue weighted by molar-refractivity contribution is 7.90. The van der Waals surface area contributed by atoms with Crippen molar-refractivity contribution in [1.82, 2.24) is 10.2 Å². The van der Waals surface area contributed by atoms with E-state index in [1.807, 2.05) is 78.8 Å². The largest absolute Gasteiger partial charge is 0.480 e. The lowest BCUT2D eigenvalue weighted by Gasteiger charge is -2.33. The molecule has 61 heavy (non-hydrogen) atoms. The molecular formula is C53H96N2O5S. The SMILES string of the molecule is C1CCC1.CC.CC.CC.CCC(C)CC.CCC1CCC(CC2CCCCC2)N1Cc1ccc(C(=O)NC(CCS(C)(=O)=O)C(=O)O)c(-c2ccccc2C)c1.CCCC. The van der Waals surface area contributed by atoms with Crippen LogP contribution in [0.1, 0.15) is 220 Å². The number of unbranched alkanes of at least 4 members (excludes halogenated alkanes) is 1. The topological polar surface area (TPSA) is 104 Å². The van der Waals surface area contributed by atoms with Gasteiger partial charge in [0.2, 0.25) is 0 Å². The van der Waals surface area contributed by atoms with E-state index in [1.54, 1.807) is 6.07 Å². The van der Waals surface area contributed by atoms with Gasteiger partial charge in [0.05, 0.1) is 5.75 Å². The van der Waals surface area contributed by atoms with E-state index in [-0.39, 0.29) is 12.2 Å². The van der Waals surface area contributed by atoms with Crippen molar-refractivity contribution in [1.29, 1.82) is 0 Å². The van der Waals surface area contributed by atoms with E-state index in [1.165, 1.54) is 103 Å². The van der Waals surface area contributed by atoms with Crippen molar-refractivity contribution in [2.45, 2.75) is 230 Å². The number of nitrogens with one attached hydrogen (secondary N) is 1. The molecule has 7 nitrogen and oxygen atoms in total. The molecule has 3 unspecified atom stereocenters. The molecule has 1 saturated heterocycles. The molecule has 354 valence electrons. The fourth-order valence-electron chi connectivity index (χ4n) is 7.33. The molecular weight excluding hydrogens is 777 g/mol. The summed E-state index contributed by atoms with van der Waals surface area (Å²) in [5.41, 5.74) is 4.24. The number of aryl methyl sites for hydroxylation is 1. The molecule has 2 saturated carbocycles. The predicted octanol–water partition coefficient (Wildman–Crippen LogP) is 14.9. The van der Waals surface area contributed by atoms with Crippen LogP contribution in [0.2, 0.25) is 0 Å². The van der Waals surface area contributed by atoms with Crippen molar-refractivity contribution in [3.05, 3.63) is 59.2 Å². The number of amides is 1. The summed E-state index contributed by atoms with van der Waals surface area (Å²) in [5.74, 6) is -0.321. The maximum absolute atomic E-state index is 13.5. The number of nitrogens with zero attached hydrogens (tertiary/aromatic N) is 1. The van der Waals surface area contributed by atoms with Crippen molar-refractivity contribution >= 4 is 21.7 Å². The van der Waals surface area contributed by atoms with Crippen LogP contribution in [-0.4, -0.2) is 60.4 Å². The second-order valence-electron chi connectivity index (χ2n) is 16.5. The molecule has 2 aliphatic carbocycles. The summed E-state index contributed by atoms with van der Waals surface area (Å²) in [4.78, 5) is 28.0. The average molecular weight is 873 g/mol. The first kappa shape index (κ1) is 60.4. The molecule has 1 amide bonds. The van der Waals surface area contributed by atoms with E-state index < -0.39 is 27.8 Å². The number of aliphatic carboxylic acids is 1. The first-order valence-electron chi connectivity index (χ1n) is 24.9. The quantitative estimate of drug-likeness (QED) is 0.185. The summed E-state index contributed by atoms with van der Waals surface area (Å²) in [7, 11) is -3.37. The van der Waals surface area contributed by atoms with Gasteiger partial charge in [0.1, 0.15) is 15.9 Å². The Bertz CT molecular complexity index is 1490. The number of rotatable bonds is 15. The molecule has 3 aliphatic rings. The Labute approximate surface area is 378 Å². The first-order valence-corrected chi connectivity index (χ1v) is 27.0. The Balaban J connectivity index is 0. The molecule has 1 heterocycles. The van der Waals surface area contributed by atoms with Gasteiger partial charge in [0.15, 0.2) is 0 Å². The normalized spacial score (nSPS) is 17.5. The number of likely N-dealkylation sites (tertiary alicyclic amines) is 1. The van der Waals surface area contributed by atoms with Crippen LogP contribution in [0.4, 0.5) is 0 Å². The molecule has 3 atom stereocenters. The highest BCUT2D eigenvalue weighted by Crippen LogP contribution is 2.37. The van der Waals surface area contributed by atoms with Crippen molar-refractivity contribution in [2.75, 3.05) is 12.0 Å². The van der Waals surface area contributed by atoms with E-state index in [4.69, 9.17) is 0 Å². The number of carboxylic acids is 1. The van der Waals surface area contributed by atoms with Crippen molar-refractivity contribution < 1.29 is 23.1 Å². The average Bonchev–Trinajstić information content (AvgIpc) is 3.63. The molecule has 5 rings (SSSR count). The van der Waals surface area contributed by atoms with Gasteiger partial charge in [-0.15, -0.1) is 0 Å². The molecule has 0 radical (unpaired) electrons. The van der Waals surface area contributed by atoms with Gasteiger partial charge in [0, 0.05) is 30.4 Å². The molecule has 0 bridgehead atoms. The second-order valence-corrected chi connectivity index (χ2v) is 18.8. The third kappa shape index (κ3) is 25.2. The number of sulfone groups is 1. The van der Waals surface area contributed by atoms with Gasteiger partial charge < -0.3 is 10.4 Å². The zero-order chi connectivity index (χ0) is 46.8. The van der Waals surface area contributed by atoms with E-state index in [9.17, 15) is 23.1 Å². The highest BCUT2D eigenvalue weighted by atomic mass is 32.2. The van der Waals surface area contributed by atoms with Gasteiger partial charge in [-0.3, -0.25) is 9.69 Å². The van der Waals surface area contributed by atoms with Gasteiger partial charge in [-0.2, -0.15) is 0 Å². The van der Waals surface area contributed by atoms with Gasteiger partial charge in [-0.05, 0) is 85.3 Å². The second kappa shape index (κ2) is 36.7. The lowest BCUT2D eigenvalue weighted by Crippen LogP contribution is -2.42. The molecule has 2 N–H and O–H groups in total. The Kier molecular flexibility index (Phi) is 36.4. The summed E-state index contributed by atoms with van der Waals surface area (Å²) < 4.78 is 23.3. The van der Waals surface area contributed by atoms with Gasteiger partial charge in [-0.25, -0.2) is 13.2 Å². The lowest BCUT2D eigenvalue weighted by atomic mass is 9.84. The minimum Gasteiger partial charge on any atom is -0.480 e. The zero-order valence-electron chi connectivity index (χ0n) is 42.0. The Morgan fingerprint density at radius 3 is 1.72 bits per heavy atom. The summed E-state index contributed by atoms with van der Waals surface area (Å²) in [6.45, 7) is 28.2.